The summed E-state index contributed by atoms with van der Waals surface area (Å²) in [5.41, 5.74) is 0.900. The van der Waals surface area contributed by atoms with Gasteiger partial charge in [-0.1, -0.05) is 19.1 Å². The molecular weight excluding hydrogens is 198 g/mol. The largest absolute Gasteiger partial charge is 0.299 e. The first-order valence-electron chi connectivity index (χ1n) is 5.52. The molecule has 0 aromatic rings. The third-order valence-corrected chi connectivity index (χ3v) is 3.10. The molecule has 0 atom stereocenters. The monoisotopic (exact) mass is 216 g/mol. The summed E-state index contributed by atoms with van der Waals surface area (Å²) >= 11 is 0. The number of alkyl halides is 2. The molecule has 0 N–H and O–H groups in total. The normalized spacial score (nSPS) is 21.3. The zero-order valence-corrected chi connectivity index (χ0v) is 9.19. The zero-order valence-electron chi connectivity index (χ0n) is 9.19. The summed E-state index contributed by atoms with van der Waals surface area (Å²) in [7, 11) is 0. The fourth-order valence-corrected chi connectivity index (χ4v) is 1.88. The summed E-state index contributed by atoms with van der Waals surface area (Å²) < 4.78 is 25.7. The van der Waals surface area contributed by atoms with Gasteiger partial charge in [0.25, 0.3) is 0 Å². The summed E-state index contributed by atoms with van der Waals surface area (Å²) in [5.74, 6) is -2.61. The van der Waals surface area contributed by atoms with Gasteiger partial charge in [0.05, 0.1) is 0 Å². The molecule has 3 heteroatoms. The van der Waals surface area contributed by atoms with Crippen LogP contribution in [0.15, 0.2) is 12.2 Å². The molecule has 0 saturated heterocycles. The van der Waals surface area contributed by atoms with E-state index in [9.17, 15) is 13.6 Å². The van der Waals surface area contributed by atoms with E-state index in [-0.39, 0.29) is 24.5 Å². The minimum atomic E-state index is -2.54. The Bertz CT molecular complexity index is 248. The van der Waals surface area contributed by atoms with Crippen LogP contribution in [0.25, 0.3) is 0 Å². The van der Waals surface area contributed by atoms with Crippen molar-refractivity contribution >= 4 is 5.78 Å². The number of carbonyl (C=O) groups is 1. The molecule has 1 aliphatic rings. The smallest absolute Gasteiger partial charge is 0.248 e. The van der Waals surface area contributed by atoms with Crippen LogP contribution in [-0.4, -0.2) is 11.7 Å². The van der Waals surface area contributed by atoms with Crippen LogP contribution in [0.3, 0.4) is 0 Å². The van der Waals surface area contributed by atoms with E-state index in [0.29, 0.717) is 19.3 Å². The molecule has 0 aliphatic heterocycles. The highest BCUT2D eigenvalue weighted by molar-refractivity contribution is 5.83. The highest BCUT2D eigenvalue weighted by Gasteiger charge is 2.36. The molecule has 15 heavy (non-hydrogen) atoms. The topological polar surface area (TPSA) is 17.1 Å². The van der Waals surface area contributed by atoms with Gasteiger partial charge in [-0.2, -0.15) is 0 Å². The number of hydrogen-bond acceptors (Lipinski definition) is 1. The number of halogens is 2. The number of carbonyl (C=O) groups excluding carboxylic acids is 1. The Morgan fingerprint density at radius 3 is 2.40 bits per heavy atom. The van der Waals surface area contributed by atoms with Crippen molar-refractivity contribution in [1.82, 2.24) is 0 Å². The molecule has 0 spiro atoms. The van der Waals surface area contributed by atoms with Crippen molar-refractivity contribution in [2.45, 2.75) is 51.4 Å². The molecule has 0 radical (unpaired) electrons. The Kier molecular flexibility index (Phi) is 4.00. The van der Waals surface area contributed by atoms with Crippen LogP contribution in [0, 0.1) is 5.92 Å². The molecule has 86 valence electrons. The van der Waals surface area contributed by atoms with Crippen LogP contribution in [0.1, 0.15) is 45.4 Å². The third-order valence-electron chi connectivity index (χ3n) is 3.10. The number of allylic oxidation sites excluding steroid dienone is 1. The van der Waals surface area contributed by atoms with Crippen LogP contribution in [0.5, 0.6) is 0 Å². The average Bonchev–Trinajstić information content (AvgIpc) is 2.17. The van der Waals surface area contributed by atoms with Gasteiger partial charge in [-0.05, 0) is 19.3 Å². The first-order chi connectivity index (χ1) is 6.94. The second-order valence-corrected chi connectivity index (χ2v) is 4.38. The lowest BCUT2D eigenvalue weighted by Gasteiger charge is -2.27. The van der Waals surface area contributed by atoms with E-state index >= 15 is 0 Å². The summed E-state index contributed by atoms with van der Waals surface area (Å²) in [4.78, 5) is 11.7. The fourth-order valence-electron chi connectivity index (χ4n) is 1.88. The number of Topliss-reactive ketones (excluding diaryl/α,β-unsaturated/α-hetero) is 1. The Balaban J connectivity index is 2.40. The molecule has 0 aromatic heterocycles. The SMILES string of the molecule is C=C(CC)CC(=O)C1CCC(F)(F)CC1. The summed E-state index contributed by atoms with van der Waals surface area (Å²) in [5, 5.41) is 0. The fraction of sp³-hybridized carbons (Fsp3) is 0.750. The van der Waals surface area contributed by atoms with Gasteiger partial charge in [-0.15, -0.1) is 0 Å². The first kappa shape index (κ1) is 12.3. The van der Waals surface area contributed by atoms with Crippen LogP contribution in [0.2, 0.25) is 0 Å². The van der Waals surface area contributed by atoms with Crippen LogP contribution in [-0.2, 0) is 4.79 Å². The lowest BCUT2D eigenvalue weighted by molar-refractivity contribution is -0.126. The standard InChI is InChI=1S/C12H18F2O/c1-3-9(2)8-11(15)10-4-6-12(13,14)7-5-10/h10H,2-8H2,1H3. The molecule has 1 aliphatic carbocycles. The highest BCUT2D eigenvalue weighted by atomic mass is 19.3. The van der Waals surface area contributed by atoms with Gasteiger partial charge in [0.15, 0.2) is 0 Å². The number of rotatable bonds is 4. The Labute approximate surface area is 89.6 Å². The maximum absolute atomic E-state index is 12.8. The number of hydrogen-bond donors (Lipinski definition) is 0. The van der Waals surface area contributed by atoms with Gasteiger partial charge in [-0.3, -0.25) is 4.79 Å². The number of ketones is 1. The van der Waals surface area contributed by atoms with Gasteiger partial charge in [0.2, 0.25) is 5.92 Å². The predicted molar refractivity (Wildman–Crippen MR) is 56.0 cm³/mol. The zero-order chi connectivity index (χ0) is 11.5. The van der Waals surface area contributed by atoms with E-state index in [2.05, 4.69) is 6.58 Å². The third kappa shape index (κ3) is 3.73. The van der Waals surface area contributed by atoms with E-state index in [1.165, 1.54) is 0 Å². The van der Waals surface area contributed by atoms with Crippen molar-refractivity contribution in [3.63, 3.8) is 0 Å². The minimum Gasteiger partial charge on any atom is -0.299 e. The van der Waals surface area contributed by atoms with Gasteiger partial charge < -0.3 is 0 Å². The van der Waals surface area contributed by atoms with Crippen molar-refractivity contribution < 1.29 is 13.6 Å². The van der Waals surface area contributed by atoms with Gasteiger partial charge in [-0.25, -0.2) is 8.78 Å². The minimum absolute atomic E-state index is 0.0948. The lowest BCUT2D eigenvalue weighted by Crippen LogP contribution is -2.28. The van der Waals surface area contributed by atoms with E-state index in [0.717, 1.165) is 12.0 Å². The maximum atomic E-state index is 12.8. The van der Waals surface area contributed by atoms with Crippen LogP contribution >= 0.6 is 0 Å². The van der Waals surface area contributed by atoms with Crippen molar-refractivity contribution in [3.05, 3.63) is 12.2 Å². The maximum Gasteiger partial charge on any atom is 0.248 e. The summed E-state index contributed by atoms with van der Waals surface area (Å²) in [6.45, 7) is 5.72. The van der Waals surface area contributed by atoms with Crippen molar-refractivity contribution in [2.75, 3.05) is 0 Å². The van der Waals surface area contributed by atoms with Gasteiger partial charge in [0.1, 0.15) is 5.78 Å². The molecule has 0 unspecified atom stereocenters. The molecule has 1 nitrogen and oxygen atoms in total. The van der Waals surface area contributed by atoms with Crippen LogP contribution < -0.4 is 0 Å². The van der Waals surface area contributed by atoms with Crippen molar-refractivity contribution in [2.24, 2.45) is 5.92 Å². The molecule has 0 heterocycles. The molecular formula is C12H18F2O. The van der Waals surface area contributed by atoms with E-state index < -0.39 is 5.92 Å². The Hall–Kier alpha value is -0.730. The van der Waals surface area contributed by atoms with Gasteiger partial charge >= 0.3 is 0 Å². The summed E-state index contributed by atoms with van der Waals surface area (Å²) in [6, 6.07) is 0. The van der Waals surface area contributed by atoms with Crippen molar-refractivity contribution in [3.8, 4) is 0 Å². The molecule has 1 saturated carbocycles. The second-order valence-electron chi connectivity index (χ2n) is 4.38. The predicted octanol–water partition coefficient (Wildman–Crippen LogP) is 3.74. The van der Waals surface area contributed by atoms with E-state index in [1.807, 2.05) is 6.92 Å². The second kappa shape index (κ2) is 4.86. The Morgan fingerprint density at radius 1 is 1.40 bits per heavy atom. The first-order valence-corrected chi connectivity index (χ1v) is 5.52. The average molecular weight is 216 g/mol. The lowest BCUT2D eigenvalue weighted by atomic mass is 9.82. The van der Waals surface area contributed by atoms with Gasteiger partial charge in [0, 0.05) is 25.2 Å². The summed E-state index contributed by atoms with van der Waals surface area (Å²) in [6.07, 6.45) is 1.55. The molecule has 0 aromatic carbocycles. The van der Waals surface area contributed by atoms with E-state index in [4.69, 9.17) is 0 Å². The van der Waals surface area contributed by atoms with Crippen LogP contribution in [0.4, 0.5) is 8.78 Å². The molecule has 1 fully saturated rings. The van der Waals surface area contributed by atoms with Crippen molar-refractivity contribution in [1.29, 1.82) is 0 Å². The van der Waals surface area contributed by atoms with E-state index in [1.54, 1.807) is 0 Å². The quantitative estimate of drug-likeness (QED) is 0.654. The highest BCUT2D eigenvalue weighted by Crippen LogP contribution is 2.37. The Morgan fingerprint density at radius 2 is 1.93 bits per heavy atom. The molecule has 0 bridgehead atoms. The molecule has 0 amide bonds. The molecule has 1 rings (SSSR count).